The standard InChI is InChI=1S/C16H12N4OS/c1-10-14(11-5-4-8-17-9-11)19-20(15(10)21)16-18-12-6-2-3-7-13(12)22-16/h2-9,19H,1H3. The van der Waals surface area contributed by atoms with Gasteiger partial charge in [0.15, 0.2) is 0 Å². The van der Waals surface area contributed by atoms with Crippen LogP contribution in [0.1, 0.15) is 5.56 Å². The van der Waals surface area contributed by atoms with E-state index in [1.807, 2.05) is 43.3 Å². The maximum Gasteiger partial charge on any atom is 0.276 e. The summed E-state index contributed by atoms with van der Waals surface area (Å²) in [5.74, 6) is 0. The topological polar surface area (TPSA) is 63.6 Å². The number of benzene rings is 1. The van der Waals surface area contributed by atoms with Gasteiger partial charge in [0.05, 0.1) is 15.9 Å². The van der Waals surface area contributed by atoms with Crippen molar-refractivity contribution in [3.8, 4) is 16.4 Å². The second kappa shape index (κ2) is 4.92. The van der Waals surface area contributed by atoms with Crippen molar-refractivity contribution in [1.29, 1.82) is 0 Å². The Morgan fingerprint density at radius 1 is 1.18 bits per heavy atom. The van der Waals surface area contributed by atoms with Crippen LogP contribution in [-0.2, 0) is 0 Å². The summed E-state index contributed by atoms with van der Waals surface area (Å²) in [7, 11) is 0. The minimum absolute atomic E-state index is 0.0853. The van der Waals surface area contributed by atoms with Crippen molar-refractivity contribution >= 4 is 21.6 Å². The van der Waals surface area contributed by atoms with E-state index in [1.54, 1.807) is 12.4 Å². The summed E-state index contributed by atoms with van der Waals surface area (Å²) in [6, 6.07) is 11.6. The molecule has 3 heterocycles. The number of hydrogen-bond acceptors (Lipinski definition) is 4. The molecule has 0 bridgehead atoms. The summed E-state index contributed by atoms with van der Waals surface area (Å²) in [5, 5.41) is 3.80. The molecule has 0 saturated heterocycles. The monoisotopic (exact) mass is 308 g/mol. The minimum atomic E-state index is -0.0853. The number of para-hydroxylation sites is 1. The Bertz CT molecular complexity index is 980. The molecule has 0 aliphatic rings. The molecule has 0 saturated carbocycles. The molecular formula is C16H12N4OS. The first kappa shape index (κ1) is 13.0. The third-order valence-corrected chi connectivity index (χ3v) is 4.57. The van der Waals surface area contributed by atoms with Crippen LogP contribution in [0.2, 0.25) is 0 Å². The Morgan fingerprint density at radius 3 is 2.82 bits per heavy atom. The lowest BCUT2D eigenvalue weighted by molar-refractivity contribution is 0.844. The zero-order valence-electron chi connectivity index (χ0n) is 11.8. The largest absolute Gasteiger partial charge is 0.288 e. The van der Waals surface area contributed by atoms with Crippen LogP contribution in [0, 0.1) is 6.92 Å². The van der Waals surface area contributed by atoms with Gasteiger partial charge in [-0.15, -0.1) is 0 Å². The molecular weight excluding hydrogens is 296 g/mol. The molecule has 0 unspecified atom stereocenters. The smallest absolute Gasteiger partial charge is 0.276 e. The fourth-order valence-electron chi connectivity index (χ4n) is 2.40. The van der Waals surface area contributed by atoms with Crippen LogP contribution < -0.4 is 5.56 Å². The number of H-pyrrole nitrogens is 1. The Kier molecular flexibility index (Phi) is 2.90. The van der Waals surface area contributed by atoms with E-state index in [0.29, 0.717) is 10.7 Å². The summed E-state index contributed by atoms with van der Waals surface area (Å²) >= 11 is 1.49. The Morgan fingerprint density at radius 2 is 2.05 bits per heavy atom. The predicted octanol–water partition coefficient (Wildman–Crippen LogP) is 3.15. The van der Waals surface area contributed by atoms with Crippen LogP contribution in [0.5, 0.6) is 0 Å². The molecule has 4 aromatic rings. The zero-order valence-corrected chi connectivity index (χ0v) is 12.6. The van der Waals surface area contributed by atoms with Gasteiger partial charge in [-0.2, -0.15) is 4.68 Å². The molecule has 6 heteroatoms. The predicted molar refractivity (Wildman–Crippen MR) is 87.5 cm³/mol. The van der Waals surface area contributed by atoms with Crippen LogP contribution in [0.4, 0.5) is 0 Å². The average Bonchev–Trinajstić information content (AvgIpc) is 3.10. The van der Waals surface area contributed by atoms with Gasteiger partial charge >= 0.3 is 0 Å². The molecule has 0 aliphatic carbocycles. The van der Waals surface area contributed by atoms with Crippen LogP contribution >= 0.6 is 11.3 Å². The summed E-state index contributed by atoms with van der Waals surface area (Å²) < 4.78 is 2.56. The van der Waals surface area contributed by atoms with Crippen molar-refractivity contribution in [2.45, 2.75) is 6.92 Å². The number of rotatable bonds is 2. The zero-order chi connectivity index (χ0) is 15.1. The quantitative estimate of drug-likeness (QED) is 0.619. The van der Waals surface area contributed by atoms with E-state index in [1.165, 1.54) is 16.0 Å². The molecule has 1 aromatic carbocycles. The van der Waals surface area contributed by atoms with E-state index in [2.05, 4.69) is 15.1 Å². The van der Waals surface area contributed by atoms with Crippen LogP contribution in [0.15, 0.2) is 53.6 Å². The molecule has 108 valence electrons. The molecule has 0 radical (unpaired) electrons. The number of fused-ring (bicyclic) bond motifs is 1. The number of nitrogens with one attached hydrogen (secondary N) is 1. The lowest BCUT2D eigenvalue weighted by Gasteiger charge is -1.98. The first-order chi connectivity index (χ1) is 10.7. The van der Waals surface area contributed by atoms with Gasteiger partial charge in [-0.1, -0.05) is 23.5 Å². The summed E-state index contributed by atoms with van der Waals surface area (Å²) in [4.78, 5) is 21.1. The lowest BCUT2D eigenvalue weighted by Crippen LogP contribution is -2.15. The second-order valence-corrected chi connectivity index (χ2v) is 5.97. The molecule has 0 atom stereocenters. The van der Waals surface area contributed by atoms with Crippen molar-refractivity contribution in [3.05, 3.63) is 64.7 Å². The molecule has 0 amide bonds. The molecule has 0 aliphatic heterocycles. The van der Waals surface area contributed by atoms with Gasteiger partial charge in [-0.05, 0) is 31.2 Å². The highest BCUT2D eigenvalue weighted by atomic mass is 32.1. The number of nitrogens with zero attached hydrogens (tertiary/aromatic N) is 3. The Labute approximate surface area is 129 Å². The van der Waals surface area contributed by atoms with E-state index in [-0.39, 0.29) is 5.56 Å². The average molecular weight is 308 g/mol. The highest BCUT2D eigenvalue weighted by Gasteiger charge is 2.15. The van der Waals surface area contributed by atoms with Gasteiger partial charge in [0.2, 0.25) is 5.13 Å². The summed E-state index contributed by atoms with van der Waals surface area (Å²) in [6.45, 7) is 1.81. The lowest BCUT2D eigenvalue weighted by atomic mass is 10.1. The van der Waals surface area contributed by atoms with E-state index < -0.39 is 0 Å². The van der Waals surface area contributed by atoms with Crippen molar-refractivity contribution < 1.29 is 0 Å². The Balaban J connectivity index is 1.91. The van der Waals surface area contributed by atoms with Gasteiger partial charge in [-0.25, -0.2) is 4.98 Å². The van der Waals surface area contributed by atoms with E-state index >= 15 is 0 Å². The van der Waals surface area contributed by atoms with Crippen LogP contribution in [0.3, 0.4) is 0 Å². The molecule has 3 aromatic heterocycles. The number of hydrogen-bond donors (Lipinski definition) is 1. The maximum absolute atomic E-state index is 12.5. The van der Waals surface area contributed by atoms with Gasteiger partial charge in [-0.3, -0.25) is 14.9 Å². The molecule has 4 rings (SSSR count). The normalized spacial score (nSPS) is 11.1. The van der Waals surface area contributed by atoms with Crippen molar-refractivity contribution in [1.82, 2.24) is 19.7 Å². The number of aromatic amines is 1. The molecule has 5 nitrogen and oxygen atoms in total. The van der Waals surface area contributed by atoms with E-state index in [0.717, 1.165) is 21.5 Å². The fraction of sp³-hybridized carbons (Fsp3) is 0.0625. The van der Waals surface area contributed by atoms with Crippen molar-refractivity contribution in [2.24, 2.45) is 0 Å². The van der Waals surface area contributed by atoms with Gasteiger partial charge in [0.25, 0.3) is 5.56 Å². The third kappa shape index (κ3) is 1.96. The summed E-state index contributed by atoms with van der Waals surface area (Å²) in [6.07, 6.45) is 3.45. The van der Waals surface area contributed by atoms with Gasteiger partial charge < -0.3 is 0 Å². The molecule has 0 fully saturated rings. The van der Waals surface area contributed by atoms with Crippen LogP contribution in [0.25, 0.3) is 26.6 Å². The number of thiazole rings is 1. The Hall–Kier alpha value is -2.73. The van der Waals surface area contributed by atoms with E-state index in [4.69, 9.17) is 0 Å². The van der Waals surface area contributed by atoms with Gasteiger partial charge in [0.1, 0.15) is 0 Å². The number of pyridine rings is 1. The number of aromatic nitrogens is 4. The highest BCUT2D eigenvalue weighted by Crippen LogP contribution is 2.25. The summed E-state index contributed by atoms with van der Waals surface area (Å²) in [5.41, 5.74) is 3.13. The third-order valence-electron chi connectivity index (χ3n) is 3.55. The molecule has 1 N–H and O–H groups in total. The highest BCUT2D eigenvalue weighted by molar-refractivity contribution is 7.20. The molecule has 22 heavy (non-hydrogen) atoms. The first-order valence-corrected chi connectivity index (χ1v) is 7.63. The SMILES string of the molecule is Cc1c(-c2cccnc2)[nH]n(-c2nc3ccccc3s2)c1=O. The second-order valence-electron chi connectivity index (χ2n) is 4.96. The van der Waals surface area contributed by atoms with Crippen LogP contribution in [-0.4, -0.2) is 19.7 Å². The van der Waals surface area contributed by atoms with Crippen molar-refractivity contribution in [2.75, 3.05) is 0 Å². The minimum Gasteiger partial charge on any atom is -0.288 e. The fourth-order valence-corrected chi connectivity index (χ4v) is 3.33. The van der Waals surface area contributed by atoms with E-state index in [9.17, 15) is 4.79 Å². The van der Waals surface area contributed by atoms with Gasteiger partial charge in [0, 0.05) is 23.5 Å². The first-order valence-electron chi connectivity index (χ1n) is 6.82. The maximum atomic E-state index is 12.5. The molecule has 0 spiro atoms. The van der Waals surface area contributed by atoms with Crippen molar-refractivity contribution in [3.63, 3.8) is 0 Å².